The van der Waals surface area contributed by atoms with Crippen LogP contribution in [0.5, 0.6) is 0 Å². The van der Waals surface area contributed by atoms with Crippen molar-refractivity contribution in [2.75, 3.05) is 0 Å². The first-order valence-corrected chi connectivity index (χ1v) is 5.81. The zero-order valence-corrected chi connectivity index (χ0v) is 9.97. The van der Waals surface area contributed by atoms with Crippen LogP contribution < -0.4 is 0 Å². The van der Waals surface area contributed by atoms with Crippen molar-refractivity contribution < 1.29 is 4.79 Å². The van der Waals surface area contributed by atoms with Gasteiger partial charge in [0.1, 0.15) is 0 Å². The molecule has 0 unspecified atom stereocenters. The van der Waals surface area contributed by atoms with Crippen LogP contribution in [0.4, 0.5) is 0 Å². The molecule has 1 heteroatoms. The molecule has 0 saturated heterocycles. The van der Waals surface area contributed by atoms with Crippen LogP contribution in [0, 0.1) is 0 Å². The van der Waals surface area contributed by atoms with E-state index in [9.17, 15) is 4.79 Å². The molecular formula is C14H20O. The molecule has 0 spiro atoms. The zero-order chi connectivity index (χ0) is 11.3. The molecule has 1 rings (SSSR count). The van der Waals surface area contributed by atoms with Crippen molar-refractivity contribution in [3.63, 3.8) is 0 Å². The van der Waals surface area contributed by atoms with Gasteiger partial charge in [-0.05, 0) is 37.0 Å². The summed E-state index contributed by atoms with van der Waals surface area (Å²) >= 11 is 0. The maximum absolute atomic E-state index is 11.3. The van der Waals surface area contributed by atoms with Crippen molar-refractivity contribution in [1.82, 2.24) is 0 Å². The van der Waals surface area contributed by atoms with Crippen molar-refractivity contribution in [2.24, 2.45) is 0 Å². The van der Waals surface area contributed by atoms with Crippen LogP contribution in [-0.2, 0) is 12.8 Å². The molecule has 0 aromatic heterocycles. The molecule has 0 radical (unpaired) electrons. The highest BCUT2D eigenvalue weighted by Gasteiger charge is 2.05. The van der Waals surface area contributed by atoms with Crippen LogP contribution >= 0.6 is 0 Å². The van der Waals surface area contributed by atoms with Gasteiger partial charge in [0.15, 0.2) is 5.78 Å². The van der Waals surface area contributed by atoms with Crippen molar-refractivity contribution in [1.29, 1.82) is 0 Å². The second-order valence-electron chi connectivity index (χ2n) is 4.04. The normalized spacial score (nSPS) is 10.3. The fraction of sp³-hybridized carbons (Fsp3) is 0.500. The molecule has 1 aromatic carbocycles. The fourth-order valence-corrected chi connectivity index (χ4v) is 1.86. The maximum atomic E-state index is 11.3. The average molecular weight is 204 g/mol. The summed E-state index contributed by atoms with van der Waals surface area (Å²) in [6.07, 6.45) is 4.50. The summed E-state index contributed by atoms with van der Waals surface area (Å²) in [5, 5.41) is 0. The highest BCUT2D eigenvalue weighted by molar-refractivity contribution is 5.94. The molecule has 1 aromatic rings. The first-order chi connectivity index (χ1) is 7.19. The van der Waals surface area contributed by atoms with Gasteiger partial charge in [-0.25, -0.2) is 0 Å². The molecule has 0 bridgehead atoms. The number of hydrogen-bond acceptors (Lipinski definition) is 1. The van der Waals surface area contributed by atoms with Crippen LogP contribution in [0.15, 0.2) is 18.2 Å². The van der Waals surface area contributed by atoms with Gasteiger partial charge in [0.2, 0.25) is 0 Å². The standard InChI is InChI=1S/C14H20O/c1-4-6-12-8-9-13(11(3)15)10-14(12)7-5-2/h8-10H,4-7H2,1-3H3. The molecule has 0 fully saturated rings. The van der Waals surface area contributed by atoms with Gasteiger partial charge in [0, 0.05) is 5.56 Å². The molecule has 1 nitrogen and oxygen atoms in total. The molecule has 0 N–H and O–H groups in total. The second-order valence-corrected chi connectivity index (χ2v) is 4.04. The third-order valence-corrected chi connectivity index (χ3v) is 2.65. The highest BCUT2D eigenvalue weighted by Crippen LogP contribution is 2.16. The Labute approximate surface area is 92.5 Å². The fourth-order valence-electron chi connectivity index (χ4n) is 1.86. The SMILES string of the molecule is CCCc1ccc(C(C)=O)cc1CCC. The summed E-state index contributed by atoms with van der Waals surface area (Å²) in [6.45, 7) is 6.00. The van der Waals surface area contributed by atoms with E-state index in [1.165, 1.54) is 11.1 Å². The summed E-state index contributed by atoms with van der Waals surface area (Å²) in [6, 6.07) is 6.13. The molecule has 0 aliphatic carbocycles. The summed E-state index contributed by atoms with van der Waals surface area (Å²) in [4.78, 5) is 11.3. The minimum Gasteiger partial charge on any atom is -0.295 e. The maximum Gasteiger partial charge on any atom is 0.159 e. The van der Waals surface area contributed by atoms with Gasteiger partial charge < -0.3 is 0 Å². The lowest BCUT2D eigenvalue weighted by Gasteiger charge is -2.09. The Kier molecular flexibility index (Phi) is 4.54. The lowest BCUT2D eigenvalue weighted by Crippen LogP contribution is -1.99. The van der Waals surface area contributed by atoms with Crippen molar-refractivity contribution in [2.45, 2.75) is 46.5 Å². The van der Waals surface area contributed by atoms with E-state index in [2.05, 4.69) is 26.0 Å². The number of carbonyl (C=O) groups is 1. The Balaban J connectivity index is 3.02. The lowest BCUT2D eigenvalue weighted by molar-refractivity contribution is 0.101. The molecule has 0 aliphatic heterocycles. The number of benzene rings is 1. The van der Waals surface area contributed by atoms with Gasteiger partial charge >= 0.3 is 0 Å². The molecule has 0 atom stereocenters. The third kappa shape index (κ3) is 3.19. The van der Waals surface area contributed by atoms with Crippen molar-refractivity contribution in [3.05, 3.63) is 34.9 Å². The van der Waals surface area contributed by atoms with Crippen LogP contribution in [0.3, 0.4) is 0 Å². The van der Waals surface area contributed by atoms with Crippen molar-refractivity contribution >= 4 is 5.78 Å². The zero-order valence-electron chi connectivity index (χ0n) is 9.97. The van der Waals surface area contributed by atoms with Gasteiger partial charge in [-0.2, -0.15) is 0 Å². The Morgan fingerprint density at radius 2 is 1.67 bits per heavy atom. The Bertz CT molecular complexity index is 339. The second kappa shape index (κ2) is 5.69. The lowest BCUT2D eigenvalue weighted by atomic mass is 9.96. The summed E-state index contributed by atoms with van der Waals surface area (Å²) < 4.78 is 0. The van der Waals surface area contributed by atoms with E-state index in [4.69, 9.17) is 0 Å². The number of hydrogen-bond donors (Lipinski definition) is 0. The van der Waals surface area contributed by atoms with E-state index in [1.807, 2.05) is 6.07 Å². The largest absolute Gasteiger partial charge is 0.295 e. The number of carbonyl (C=O) groups excluding carboxylic acids is 1. The number of ketones is 1. The Morgan fingerprint density at radius 3 is 2.20 bits per heavy atom. The monoisotopic (exact) mass is 204 g/mol. The topological polar surface area (TPSA) is 17.1 Å². The van der Waals surface area contributed by atoms with Crippen LogP contribution in [0.1, 0.15) is 55.1 Å². The minimum absolute atomic E-state index is 0.162. The van der Waals surface area contributed by atoms with Crippen molar-refractivity contribution in [3.8, 4) is 0 Å². The van der Waals surface area contributed by atoms with E-state index in [0.29, 0.717) is 0 Å². The smallest absolute Gasteiger partial charge is 0.159 e. The summed E-state index contributed by atoms with van der Waals surface area (Å²) in [7, 11) is 0. The Hall–Kier alpha value is -1.11. The van der Waals surface area contributed by atoms with Gasteiger partial charge in [-0.3, -0.25) is 4.79 Å². The molecule has 15 heavy (non-hydrogen) atoms. The predicted molar refractivity (Wildman–Crippen MR) is 64.4 cm³/mol. The number of rotatable bonds is 5. The number of Topliss-reactive ketones (excluding diaryl/α,β-unsaturated/α-hetero) is 1. The minimum atomic E-state index is 0.162. The summed E-state index contributed by atoms with van der Waals surface area (Å²) in [5.74, 6) is 0.162. The van der Waals surface area contributed by atoms with Crippen LogP contribution in [0.25, 0.3) is 0 Å². The van der Waals surface area contributed by atoms with E-state index in [1.54, 1.807) is 6.92 Å². The Morgan fingerprint density at radius 1 is 1.07 bits per heavy atom. The van der Waals surface area contributed by atoms with Gasteiger partial charge in [0.05, 0.1) is 0 Å². The van der Waals surface area contributed by atoms with Crippen LogP contribution in [0.2, 0.25) is 0 Å². The molecule has 0 amide bonds. The molecular weight excluding hydrogens is 184 g/mol. The van der Waals surface area contributed by atoms with Gasteiger partial charge in [-0.15, -0.1) is 0 Å². The number of aryl methyl sites for hydroxylation is 2. The molecule has 0 heterocycles. The van der Waals surface area contributed by atoms with E-state index < -0.39 is 0 Å². The molecule has 0 aliphatic rings. The van der Waals surface area contributed by atoms with E-state index >= 15 is 0 Å². The third-order valence-electron chi connectivity index (χ3n) is 2.65. The average Bonchev–Trinajstić information content (AvgIpc) is 2.21. The van der Waals surface area contributed by atoms with Gasteiger partial charge in [0.25, 0.3) is 0 Å². The van der Waals surface area contributed by atoms with E-state index in [0.717, 1.165) is 31.2 Å². The first-order valence-electron chi connectivity index (χ1n) is 5.81. The van der Waals surface area contributed by atoms with Gasteiger partial charge in [-0.1, -0.05) is 38.8 Å². The van der Waals surface area contributed by atoms with E-state index in [-0.39, 0.29) is 5.78 Å². The molecule has 0 saturated carbocycles. The predicted octanol–water partition coefficient (Wildman–Crippen LogP) is 3.79. The highest BCUT2D eigenvalue weighted by atomic mass is 16.1. The first kappa shape index (κ1) is 12.0. The molecule has 82 valence electrons. The quantitative estimate of drug-likeness (QED) is 0.667. The summed E-state index contributed by atoms with van der Waals surface area (Å²) in [5.41, 5.74) is 3.61. The van der Waals surface area contributed by atoms with Crippen LogP contribution in [-0.4, -0.2) is 5.78 Å².